The van der Waals surface area contributed by atoms with Gasteiger partial charge in [-0.05, 0) is 13.8 Å². The molecule has 5 nitrogen and oxygen atoms in total. The molecule has 0 N–H and O–H groups in total. The minimum Gasteiger partial charge on any atom is -0.460 e. The summed E-state index contributed by atoms with van der Waals surface area (Å²) < 4.78 is 20.2. The monoisotopic (exact) mass is 246 g/mol. The molecule has 17 heavy (non-hydrogen) atoms. The third-order valence-electron chi connectivity index (χ3n) is 2.02. The molecule has 5 heteroatoms. The Kier molecular flexibility index (Phi) is 11.0. The minimum atomic E-state index is -0.299. The van der Waals surface area contributed by atoms with Crippen molar-refractivity contribution in [3.63, 3.8) is 0 Å². The lowest BCUT2D eigenvalue weighted by Crippen LogP contribution is -2.14. The Morgan fingerprint density at radius 3 is 2.06 bits per heavy atom. The first-order chi connectivity index (χ1) is 8.22. The summed E-state index contributed by atoms with van der Waals surface area (Å²) in [5.41, 5.74) is 0.605. The van der Waals surface area contributed by atoms with Crippen LogP contribution < -0.4 is 0 Å². The van der Waals surface area contributed by atoms with Crippen LogP contribution in [0, 0.1) is 0 Å². The van der Waals surface area contributed by atoms with Crippen molar-refractivity contribution in [2.75, 3.05) is 46.8 Å². The van der Waals surface area contributed by atoms with Crippen LogP contribution in [0.2, 0.25) is 0 Å². The highest BCUT2D eigenvalue weighted by Gasteiger charge is 2.03. The summed E-state index contributed by atoms with van der Waals surface area (Å²) in [6, 6.07) is 0. The first-order valence-corrected chi connectivity index (χ1v) is 5.66. The van der Waals surface area contributed by atoms with Gasteiger partial charge in [0.1, 0.15) is 6.61 Å². The molecule has 0 heterocycles. The summed E-state index contributed by atoms with van der Waals surface area (Å²) in [5, 5.41) is 0. The Labute approximate surface area is 103 Å². The summed E-state index contributed by atoms with van der Waals surface area (Å²) in [5.74, 6) is -0.299. The van der Waals surface area contributed by atoms with E-state index in [0.717, 1.165) is 0 Å². The summed E-state index contributed by atoms with van der Waals surface area (Å²) in [6.45, 7) is 6.32. The zero-order valence-corrected chi connectivity index (χ0v) is 10.9. The molecule has 0 aromatic carbocycles. The lowest BCUT2D eigenvalue weighted by molar-refractivity contribution is -0.140. The van der Waals surface area contributed by atoms with Crippen LogP contribution in [0.4, 0.5) is 0 Å². The Morgan fingerprint density at radius 2 is 1.53 bits per heavy atom. The van der Waals surface area contributed by atoms with Gasteiger partial charge in [0.15, 0.2) is 0 Å². The molecule has 0 atom stereocenters. The van der Waals surface area contributed by atoms with Crippen molar-refractivity contribution in [1.29, 1.82) is 0 Å². The molecular formula is C12H22O5. The van der Waals surface area contributed by atoms with Gasteiger partial charge in [0.2, 0.25) is 0 Å². The first-order valence-electron chi connectivity index (χ1n) is 5.66. The Hall–Kier alpha value is -0.910. The van der Waals surface area contributed by atoms with Gasteiger partial charge in [0.25, 0.3) is 0 Å². The first kappa shape index (κ1) is 16.1. The number of hydrogen-bond donors (Lipinski definition) is 0. The van der Waals surface area contributed by atoms with Crippen molar-refractivity contribution < 1.29 is 23.7 Å². The summed E-state index contributed by atoms with van der Waals surface area (Å²) in [6.07, 6.45) is 1.72. The average Bonchev–Trinajstić information content (AvgIpc) is 2.35. The fraction of sp³-hybridized carbons (Fsp3) is 0.750. The number of hydrogen-bond acceptors (Lipinski definition) is 5. The summed E-state index contributed by atoms with van der Waals surface area (Å²) in [7, 11) is 1.63. The molecule has 0 saturated carbocycles. The van der Waals surface area contributed by atoms with E-state index in [-0.39, 0.29) is 12.6 Å². The van der Waals surface area contributed by atoms with Crippen molar-refractivity contribution in [1.82, 2.24) is 0 Å². The molecule has 0 bridgehead atoms. The average molecular weight is 246 g/mol. The van der Waals surface area contributed by atoms with E-state index in [1.165, 1.54) is 0 Å². The molecule has 0 fully saturated rings. The van der Waals surface area contributed by atoms with Gasteiger partial charge in [-0.15, -0.1) is 0 Å². The van der Waals surface area contributed by atoms with Crippen LogP contribution >= 0.6 is 0 Å². The minimum absolute atomic E-state index is 0.266. The maximum Gasteiger partial charge on any atom is 0.333 e. The number of ether oxygens (including phenoxy) is 4. The van der Waals surface area contributed by atoms with Crippen LogP contribution in [-0.4, -0.2) is 52.7 Å². The van der Waals surface area contributed by atoms with Gasteiger partial charge < -0.3 is 18.9 Å². The predicted molar refractivity (Wildman–Crippen MR) is 63.9 cm³/mol. The van der Waals surface area contributed by atoms with Gasteiger partial charge >= 0.3 is 5.97 Å². The van der Waals surface area contributed by atoms with Crippen LogP contribution in [0.5, 0.6) is 0 Å². The normalized spacial score (nSPS) is 11.6. The maximum absolute atomic E-state index is 11.2. The standard InChI is InChI=1S/C12H22O5/c1-4-11(2)12(13)17-10-9-16-8-7-15-6-5-14-3/h4H,5-10H2,1-3H3/b11-4+. The van der Waals surface area contributed by atoms with E-state index in [4.69, 9.17) is 18.9 Å². The highest BCUT2D eigenvalue weighted by Crippen LogP contribution is 1.95. The quantitative estimate of drug-likeness (QED) is 0.329. The van der Waals surface area contributed by atoms with Crippen LogP contribution in [0.3, 0.4) is 0 Å². The third kappa shape index (κ3) is 9.99. The van der Waals surface area contributed by atoms with E-state index in [9.17, 15) is 4.79 Å². The van der Waals surface area contributed by atoms with Crippen LogP contribution in [0.15, 0.2) is 11.6 Å². The van der Waals surface area contributed by atoms with Crippen molar-refractivity contribution in [2.45, 2.75) is 13.8 Å². The van der Waals surface area contributed by atoms with Crippen molar-refractivity contribution in [3.8, 4) is 0 Å². The van der Waals surface area contributed by atoms with E-state index >= 15 is 0 Å². The zero-order valence-electron chi connectivity index (χ0n) is 10.9. The molecular weight excluding hydrogens is 224 g/mol. The maximum atomic E-state index is 11.2. The number of methoxy groups -OCH3 is 1. The van der Waals surface area contributed by atoms with Gasteiger partial charge in [0.05, 0.1) is 33.0 Å². The van der Waals surface area contributed by atoms with E-state index in [1.54, 1.807) is 27.0 Å². The molecule has 0 aromatic rings. The molecule has 0 rings (SSSR count). The fourth-order valence-corrected chi connectivity index (χ4v) is 0.889. The van der Waals surface area contributed by atoms with E-state index in [2.05, 4.69) is 0 Å². The number of carbonyl (C=O) groups is 1. The van der Waals surface area contributed by atoms with Crippen LogP contribution in [-0.2, 0) is 23.7 Å². The molecule has 0 radical (unpaired) electrons. The molecule has 0 aliphatic heterocycles. The number of carbonyl (C=O) groups excluding carboxylic acids is 1. The van der Waals surface area contributed by atoms with Gasteiger partial charge in [-0.1, -0.05) is 6.08 Å². The summed E-state index contributed by atoms with van der Waals surface area (Å²) >= 11 is 0. The molecule has 100 valence electrons. The Morgan fingerprint density at radius 1 is 1.00 bits per heavy atom. The van der Waals surface area contributed by atoms with E-state index in [1.807, 2.05) is 0 Å². The lowest BCUT2D eigenvalue weighted by Gasteiger charge is -2.06. The fourth-order valence-electron chi connectivity index (χ4n) is 0.889. The van der Waals surface area contributed by atoms with Crippen LogP contribution in [0.1, 0.15) is 13.8 Å². The number of esters is 1. The Balaban J connectivity index is 3.21. The molecule has 0 spiro atoms. The van der Waals surface area contributed by atoms with Gasteiger partial charge in [-0.3, -0.25) is 0 Å². The van der Waals surface area contributed by atoms with Gasteiger partial charge in [-0.2, -0.15) is 0 Å². The second kappa shape index (κ2) is 11.6. The van der Waals surface area contributed by atoms with Crippen molar-refractivity contribution in [3.05, 3.63) is 11.6 Å². The van der Waals surface area contributed by atoms with Crippen molar-refractivity contribution in [2.24, 2.45) is 0 Å². The van der Waals surface area contributed by atoms with Crippen LogP contribution in [0.25, 0.3) is 0 Å². The molecule has 0 unspecified atom stereocenters. The largest absolute Gasteiger partial charge is 0.460 e. The highest BCUT2D eigenvalue weighted by molar-refractivity contribution is 5.87. The smallest absolute Gasteiger partial charge is 0.333 e. The third-order valence-corrected chi connectivity index (χ3v) is 2.02. The van der Waals surface area contributed by atoms with E-state index in [0.29, 0.717) is 38.6 Å². The molecule has 0 aliphatic rings. The summed E-state index contributed by atoms with van der Waals surface area (Å²) in [4.78, 5) is 11.2. The SMILES string of the molecule is C/C=C(\C)C(=O)OCCOCCOCCOC. The second-order valence-electron chi connectivity index (χ2n) is 3.33. The number of allylic oxidation sites excluding steroid dienone is 1. The van der Waals surface area contributed by atoms with E-state index < -0.39 is 0 Å². The highest BCUT2D eigenvalue weighted by atomic mass is 16.6. The molecule has 0 aromatic heterocycles. The molecule has 0 aliphatic carbocycles. The zero-order chi connectivity index (χ0) is 12.9. The Bertz CT molecular complexity index is 225. The van der Waals surface area contributed by atoms with Gasteiger partial charge in [-0.25, -0.2) is 4.79 Å². The molecule has 0 amide bonds. The predicted octanol–water partition coefficient (Wildman–Crippen LogP) is 1.18. The van der Waals surface area contributed by atoms with Gasteiger partial charge in [0, 0.05) is 12.7 Å². The topological polar surface area (TPSA) is 54.0 Å². The molecule has 0 saturated heterocycles. The van der Waals surface area contributed by atoms with Crippen molar-refractivity contribution >= 4 is 5.97 Å². The second-order valence-corrected chi connectivity index (χ2v) is 3.33. The number of rotatable bonds is 10. The lowest BCUT2D eigenvalue weighted by atomic mass is 10.3.